The van der Waals surface area contributed by atoms with E-state index in [1.807, 2.05) is 24.1 Å². The quantitative estimate of drug-likeness (QED) is 0.302. The summed E-state index contributed by atoms with van der Waals surface area (Å²) in [6.07, 6.45) is 8.37. The van der Waals surface area contributed by atoms with Crippen LogP contribution in [0.15, 0.2) is 42.7 Å². The van der Waals surface area contributed by atoms with Gasteiger partial charge in [0.15, 0.2) is 16.6 Å². The zero-order valence-corrected chi connectivity index (χ0v) is 19.7. The van der Waals surface area contributed by atoms with E-state index in [9.17, 15) is 4.79 Å². The summed E-state index contributed by atoms with van der Waals surface area (Å²) in [6.45, 7) is 1.30. The second-order valence-corrected chi connectivity index (χ2v) is 7.18. The Balaban J connectivity index is 1.71. The number of hydrogen-bond donors (Lipinski definition) is 2. The van der Waals surface area contributed by atoms with Gasteiger partial charge in [-0.05, 0) is 61.0 Å². The number of pyridine rings is 1. The Morgan fingerprint density at radius 1 is 1.09 bits per heavy atom. The van der Waals surface area contributed by atoms with E-state index in [2.05, 4.69) is 15.6 Å². The highest BCUT2D eigenvalue weighted by atomic mass is 32.1. The summed E-state index contributed by atoms with van der Waals surface area (Å²) >= 11 is 5.39. The second-order valence-electron chi connectivity index (χ2n) is 6.79. The number of amides is 1. The van der Waals surface area contributed by atoms with Crippen molar-refractivity contribution in [1.29, 1.82) is 0 Å². The molecule has 2 aromatic rings. The van der Waals surface area contributed by atoms with Crippen LogP contribution in [0, 0.1) is 0 Å². The van der Waals surface area contributed by atoms with Crippen LogP contribution in [0.5, 0.6) is 17.2 Å². The van der Waals surface area contributed by atoms with E-state index < -0.39 is 0 Å². The van der Waals surface area contributed by atoms with Gasteiger partial charge in [0, 0.05) is 32.4 Å². The first-order valence-electron chi connectivity index (χ1n) is 10.2. The van der Waals surface area contributed by atoms with E-state index in [0.29, 0.717) is 28.9 Å². The topological polar surface area (TPSA) is 85.0 Å². The molecule has 8 nitrogen and oxygen atoms in total. The fourth-order valence-electron chi connectivity index (χ4n) is 2.87. The van der Waals surface area contributed by atoms with E-state index in [1.54, 1.807) is 51.9 Å². The molecule has 0 fully saturated rings. The van der Waals surface area contributed by atoms with E-state index >= 15 is 0 Å². The number of anilines is 1. The van der Waals surface area contributed by atoms with Crippen molar-refractivity contribution < 1.29 is 19.0 Å². The van der Waals surface area contributed by atoms with Gasteiger partial charge in [-0.3, -0.25) is 9.78 Å². The van der Waals surface area contributed by atoms with Crippen LogP contribution in [0.2, 0.25) is 0 Å². The highest BCUT2D eigenvalue weighted by molar-refractivity contribution is 7.80. The van der Waals surface area contributed by atoms with E-state index in [-0.39, 0.29) is 5.91 Å². The highest BCUT2D eigenvalue weighted by Gasteiger charge is 2.12. The average molecular weight is 459 g/mol. The van der Waals surface area contributed by atoms with Gasteiger partial charge in [0.1, 0.15) is 0 Å². The third-order valence-electron chi connectivity index (χ3n) is 4.63. The molecule has 0 saturated heterocycles. The number of ether oxygens (including phenoxy) is 3. The van der Waals surface area contributed by atoms with Gasteiger partial charge in [0.25, 0.3) is 0 Å². The third-order valence-corrected chi connectivity index (χ3v) is 5.05. The normalized spacial score (nSPS) is 10.5. The zero-order valence-electron chi connectivity index (χ0n) is 18.9. The van der Waals surface area contributed by atoms with Gasteiger partial charge in [-0.15, -0.1) is 0 Å². The first-order chi connectivity index (χ1) is 15.5. The molecule has 0 spiro atoms. The molecule has 172 valence electrons. The molecule has 0 bridgehead atoms. The molecule has 2 N–H and O–H groups in total. The lowest BCUT2D eigenvalue weighted by Crippen LogP contribution is -2.37. The maximum atomic E-state index is 12.1. The summed E-state index contributed by atoms with van der Waals surface area (Å²) in [7, 11) is 6.55. The summed E-state index contributed by atoms with van der Waals surface area (Å²) < 4.78 is 16.0. The third kappa shape index (κ3) is 7.42. The SMILES string of the molecule is COc1cc(/C=C/C(=O)NCCCCNC(=S)N(C)c2cccnc2)cc(OC)c1OC. The molecule has 1 aromatic carbocycles. The van der Waals surface area contributed by atoms with E-state index in [0.717, 1.165) is 30.6 Å². The largest absolute Gasteiger partial charge is 0.493 e. The molecule has 0 aliphatic rings. The van der Waals surface area contributed by atoms with Gasteiger partial charge in [0.2, 0.25) is 11.7 Å². The van der Waals surface area contributed by atoms with Crippen molar-refractivity contribution in [3.05, 3.63) is 48.3 Å². The lowest BCUT2D eigenvalue weighted by Gasteiger charge is -2.20. The monoisotopic (exact) mass is 458 g/mol. The number of hydrogen-bond acceptors (Lipinski definition) is 6. The molecule has 0 atom stereocenters. The number of nitrogens with one attached hydrogen (secondary N) is 2. The predicted octanol–water partition coefficient (Wildman–Crippen LogP) is 3.03. The number of thiocarbonyl (C=S) groups is 1. The fraction of sp³-hybridized carbons (Fsp3) is 0.348. The molecule has 0 aliphatic heterocycles. The van der Waals surface area contributed by atoms with Crippen molar-refractivity contribution in [2.24, 2.45) is 0 Å². The van der Waals surface area contributed by atoms with Crippen LogP contribution < -0.4 is 29.7 Å². The molecular weight excluding hydrogens is 428 g/mol. The van der Waals surface area contributed by atoms with Crippen molar-refractivity contribution in [3.63, 3.8) is 0 Å². The summed E-state index contributed by atoms with van der Waals surface area (Å²) in [6, 6.07) is 7.37. The van der Waals surface area contributed by atoms with Crippen molar-refractivity contribution in [1.82, 2.24) is 15.6 Å². The summed E-state index contributed by atoms with van der Waals surface area (Å²) in [5.74, 6) is 1.41. The van der Waals surface area contributed by atoms with Crippen LogP contribution in [-0.2, 0) is 4.79 Å². The number of aromatic nitrogens is 1. The van der Waals surface area contributed by atoms with Crippen molar-refractivity contribution >= 4 is 35.0 Å². The summed E-state index contributed by atoms with van der Waals surface area (Å²) in [4.78, 5) is 18.1. The van der Waals surface area contributed by atoms with Gasteiger partial charge in [-0.25, -0.2) is 0 Å². The van der Waals surface area contributed by atoms with Crippen molar-refractivity contribution in [3.8, 4) is 17.2 Å². The lowest BCUT2D eigenvalue weighted by molar-refractivity contribution is -0.116. The molecular formula is C23H30N4O4S. The van der Waals surface area contributed by atoms with Crippen LogP contribution in [0.4, 0.5) is 5.69 Å². The average Bonchev–Trinajstić information content (AvgIpc) is 2.83. The maximum Gasteiger partial charge on any atom is 0.243 e. The van der Waals surface area contributed by atoms with E-state index in [1.165, 1.54) is 6.08 Å². The van der Waals surface area contributed by atoms with Gasteiger partial charge in [-0.1, -0.05) is 0 Å². The standard InChI is InChI=1S/C23H30N4O4S/c1-27(18-8-7-11-24-16-18)23(32)26-13-6-5-12-25-21(28)10-9-17-14-19(29-2)22(31-4)20(15-17)30-3/h7-11,14-16H,5-6,12-13H2,1-4H3,(H,25,28)(H,26,32)/b10-9+. The van der Waals surface area contributed by atoms with Crippen LogP contribution in [0.25, 0.3) is 6.08 Å². The first kappa shape index (κ1) is 24.9. The predicted molar refractivity (Wildman–Crippen MR) is 131 cm³/mol. The Hall–Kier alpha value is -3.33. The van der Waals surface area contributed by atoms with Crippen molar-refractivity contribution in [2.75, 3.05) is 46.4 Å². The maximum absolute atomic E-state index is 12.1. The Labute approximate surface area is 194 Å². The number of carbonyl (C=O) groups excluding carboxylic acids is 1. The number of carbonyl (C=O) groups is 1. The number of nitrogens with zero attached hydrogens (tertiary/aromatic N) is 2. The van der Waals surface area contributed by atoms with Crippen LogP contribution in [-0.4, -0.2) is 57.5 Å². The zero-order chi connectivity index (χ0) is 23.3. The van der Waals surface area contributed by atoms with Gasteiger partial charge >= 0.3 is 0 Å². The molecule has 32 heavy (non-hydrogen) atoms. The minimum Gasteiger partial charge on any atom is -0.493 e. The van der Waals surface area contributed by atoms with Gasteiger partial charge in [0.05, 0.1) is 33.2 Å². The molecule has 0 unspecified atom stereocenters. The highest BCUT2D eigenvalue weighted by Crippen LogP contribution is 2.38. The number of unbranched alkanes of at least 4 members (excludes halogenated alkanes) is 1. The Morgan fingerprint density at radius 3 is 2.31 bits per heavy atom. The van der Waals surface area contributed by atoms with Crippen LogP contribution >= 0.6 is 12.2 Å². The molecule has 9 heteroatoms. The molecule has 1 amide bonds. The molecule has 0 aliphatic carbocycles. The summed E-state index contributed by atoms with van der Waals surface area (Å²) in [5, 5.41) is 6.73. The van der Waals surface area contributed by atoms with Gasteiger partial charge in [-0.2, -0.15) is 0 Å². The van der Waals surface area contributed by atoms with Crippen LogP contribution in [0.1, 0.15) is 18.4 Å². The smallest absolute Gasteiger partial charge is 0.243 e. The van der Waals surface area contributed by atoms with Crippen LogP contribution in [0.3, 0.4) is 0 Å². The minimum absolute atomic E-state index is 0.168. The summed E-state index contributed by atoms with van der Waals surface area (Å²) in [5.41, 5.74) is 1.70. The Bertz CT molecular complexity index is 896. The fourth-order valence-corrected chi connectivity index (χ4v) is 3.08. The van der Waals surface area contributed by atoms with Gasteiger partial charge < -0.3 is 29.7 Å². The molecule has 0 radical (unpaired) electrons. The number of rotatable bonds is 11. The molecule has 0 saturated carbocycles. The van der Waals surface area contributed by atoms with E-state index in [4.69, 9.17) is 26.4 Å². The van der Waals surface area contributed by atoms with Crippen molar-refractivity contribution in [2.45, 2.75) is 12.8 Å². The molecule has 2 rings (SSSR count). The molecule has 1 aromatic heterocycles. The number of methoxy groups -OCH3 is 3. The Morgan fingerprint density at radius 2 is 1.75 bits per heavy atom. The Kier molecular flexibility index (Phi) is 10.3. The first-order valence-corrected chi connectivity index (χ1v) is 10.6. The lowest BCUT2D eigenvalue weighted by atomic mass is 10.1. The molecule has 1 heterocycles. The second kappa shape index (κ2) is 13.2. The number of benzene rings is 1. The minimum atomic E-state index is -0.168.